The molecule has 12 nitrogen and oxygen atoms in total. The zero-order chi connectivity index (χ0) is 60.9. The van der Waals surface area contributed by atoms with Crippen LogP contribution in [0.5, 0.6) is 11.5 Å². The number of aliphatic hydroxyl groups is 3. The maximum atomic E-state index is 14.5. The van der Waals surface area contributed by atoms with Crippen molar-refractivity contribution in [2.45, 2.75) is 149 Å². The van der Waals surface area contributed by atoms with Gasteiger partial charge in [-0.15, -0.1) is 0 Å². The Kier molecular flexibility index (Phi) is 16.7. The number of hydrogen-bond acceptors (Lipinski definition) is 9. The highest BCUT2D eigenvalue weighted by atomic mass is 32.2. The van der Waals surface area contributed by atoms with Crippen molar-refractivity contribution in [3.05, 3.63) is 225 Å². The highest BCUT2D eigenvalue weighted by Crippen LogP contribution is 2.56. The molecule has 13 heteroatoms. The minimum Gasteiger partial charge on any atom is -0.508 e. The Morgan fingerprint density at radius 1 is 0.830 bits per heavy atom. The number of aromatic hydroxyl groups is 1. The zero-order valence-electron chi connectivity index (χ0n) is 50.0. The van der Waals surface area contributed by atoms with Gasteiger partial charge in [0.2, 0.25) is 5.72 Å². The maximum Gasteiger partial charge on any atom is 0.268 e. The fourth-order valence-electron chi connectivity index (χ4n) is 16.6. The molecule has 8 aliphatic rings. The summed E-state index contributed by atoms with van der Waals surface area (Å²) in [5.74, 6) is 4.91. The van der Waals surface area contributed by atoms with Gasteiger partial charge < -0.3 is 41.4 Å². The van der Waals surface area contributed by atoms with Crippen LogP contribution in [-0.4, -0.2) is 62.9 Å². The van der Waals surface area contributed by atoms with Crippen LogP contribution in [0.1, 0.15) is 163 Å². The first-order valence-electron chi connectivity index (χ1n) is 31.8. The third-order valence-corrected chi connectivity index (χ3v) is 22.3. The van der Waals surface area contributed by atoms with Crippen LogP contribution in [0.2, 0.25) is 0 Å². The Labute approximate surface area is 517 Å². The van der Waals surface area contributed by atoms with Gasteiger partial charge in [-0.3, -0.25) is 4.55 Å². The SMILES string of the molecule is C[C@@H]1CCc2cc3ccc2[C@H]1C[C@@H](S(=O)(=O)O)[C@H]1C=C2C[C@H](C[C@H]4C[C@@H](CO)CC#Cc5cc(O)ccc5[C@@H]2O4)[C@@H]1c1ccc(cc1)[C@@](C[C@H](Cc1ccccc1)[C@@]1(O)CCC[C@H](c2ccc([C@@H](O)Cc4cccc5ccccc45)cc2)C1)(N=C(N)N)O3. The van der Waals surface area contributed by atoms with Crippen molar-refractivity contribution >= 4 is 26.9 Å². The van der Waals surface area contributed by atoms with Crippen LogP contribution in [0.15, 0.2) is 174 Å². The summed E-state index contributed by atoms with van der Waals surface area (Å²) < 4.78 is 55.5. The summed E-state index contributed by atoms with van der Waals surface area (Å²) >= 11 is 0. The highest BCUT2D eigenvalue weighted by Gasteiger charge is 2.51. The molecule has 5 heterocycles. The van der Waals surface area contributed by atoms with Crippen molar-refractivity contribution in [3.8, 4) is 23.3 Å². The summed E-state index contributed by atoms with van der Waals surface area (Å²) in [7, 11) is -4.72. The lowest BCUT2D eigenvalue weighted by Gasteiger charge is -2.46. The smallest absolute Gasteiger partial charge is 0.268 e. The molecule has 456 valence electrons. The predicted octanol–water partition coefficient (Wildman–Crippen LogP) is 12.9. The van der Waals surface area contributed by atoms with Crippen molar-refractivity contribution < 1.29 is 42.9 Å². The third-order valence-electron chi connectivity index (χ3n) is 21.0. The molecule has 0 spiro atoms. The first-order valence-corrected chi connectivity index (χ1v) is 33.3. The van der Waals surface area contributed by atoms with Crippen molar-refractivity contribution in [2.24, 2.45) is 46.0 Å². The average Bonchev–Trinajstić information content (AvgIpc) is 3.78. The number of allylic oxidation sites excluding steroid dienone is 1. The lowest BCUT2D eigenvalue weighted by atomic mass is 9.64. The summed E-state index contributed by atoms with van der Waals surface area (Å²) in [5, 5.41) is 47.9. The Balaban J connectivity index is 0.909. The second-order valence-corrected chi connectivity index (χ2v) is 28.2. The number of phenols is 1. The molecule has 88 heavy (non-hydrogen) atoms. The number of guanidine groups is 1. The second-order valence-electron chi connectivity index (χ2n) is 26.6. The molecule has 1 saturated heterocycles. The maximum absolute atomic E-state index is 14.5. The number of hydrogen-bond donors (Lipinski definition) is 7. The number of benzene rings is 7. The molecule has 2 fully saturated rings. The molecule has 0 amide bonds. The lowest BCUT2D eigenvalue weighted by Crippen LogP contribution is -2.48. The molecule has 0 radical (unpaired) electrons. The van der Waals surface area contributed by atoms with E-state index in [0.717, 1.165) is 86.5 Å². The molecule has 0 unspecified atom stereocenters. The molecule has 3 aliphatic carbocycles. The normalized spacial score (nSPS) is 29.0. The lowest BCUT2D eigenvalue weighted by molar-refractivity contribution is -0.0834. The predicted molar refractivity (Wildman–Crippen MR) is 344 cm³/mol. The molecule has 7 aromatic rings. The van der Waals surface area contributed by atoms with Crippen LogP contribution < -0.4 is 16.2 Å². The van der Waals surface area contributed by atoms with E-state index in [1.807, 2.05) is 91.0 Å². The Bertz CT molecular complexity index is 3930. The van der Waals surface area contributed by atoms with Gasteiger partial charge in [0, 0.05) is 48.5 Å². The zero-order valence-corrected chi connectivity index (χ0v) is 50.8. The van der Waals surface area contributed by atoms with Gasteiger partial charge in [0.05, 0.1) is 23.1 Å². The highest BCUT2D eigenvalue weighted by molar-refractivity contribution is 7.86. The van der Waals surface area contributed by atoms with Crippen LogP contribution in [0.3, 0.4) is 0 Å². The van der Waals surface area contributed by atoms with E-state index in [2.05, 4.69) is 79.4 Å². The first kappa shape index (κ1) is 59.7. The Morgan fingerprint density at radius 3 is 2.38 bits per heavy atom. The number of aliphatic imine (C=N–C) groups is 1. The number of rotatable bonds is 12. The quantitative estimate of drug-likeness (QED) is 0.0201. The molecule has 10 bridgehead atoms. The van der Waals surface area contributed by atoms with Gasteiger partial charge in [-0.05, 0) is 192 Å². The van der Waals surface area contributed by atoms with Crippen molar-refractivity contribution in [1.29, 1.82) is 0 Å². The van der Waals surface area contributed by atoms with E-state index in [1.54, 1.807) is 12.1 Å². The van der Waals surface area contributed by atoms with Gasteiger partial charge in [0.1, 0.15) is 17.6 Å². The van der Waals surface area contributed by atoms with E-state index in [-0.39, 0.29) is 66.9 Å². The van der Waals surface area contributed by atoms with E-state index in [4.69, 9.17) is 25.9 Å². The number of aryl methyl sites for hydroxylation is 1. The number of aliphatic hydroxyl groups excluding tert-OH is 2. The minimum atomic E-state index is -4.72. The fourth-order valence-corrected chi connectivity index (χ4v) is 17.7. The summed E-state index contributed by atoms with van der Waals surface area (Å²) in [4.78, 5) is 5.19. The first-order chi connectivity index (χ1) is 42.5. The molecule has 15 rings (SSSR count). The van der Waals surface area contributed by atoms with Crippen LogP contribution >= 0.6 is 0 Å². The van der Waals surface area contributed by atoms with E-state index >= 15 is 0 Å². The van der Waals surface area contributed by atoms with Gasteiger partial charge in [0.25, 0.3) is 10.1 Å². The van der Waals surface area contributed by atoms with Gasteiger partial charge in [-0.25, -0.2) is 4.99 Å². The standard InChI is InChI=1S/C75H81N3O9S/c1-46-19-20-55-38-62-30-32-65(55)67(46)42-70(88(83,84)85)68-40-58-36-57(39-63-35-48(45-79)12-7-15-53-37-61(80)29-31-66(53)72(58)86-63)71(68)52-25-27-59(28-26-52)75(87-62,78-73(76)77)44-60(34-47-10-3-2-4-11-47)74(82)33-9-17-56(43-74)49-21-23-51(24-22-49)69(81)41-54-16-8-14-50-13-5-6-18-64(50)54/h2-6,8,10-11,13-14,16,18,21-32,37-38,40,46,48,56-57,60,63,67-72,79-82H,9,12,17,19-20,33-36,39,41-45H2,1H3,(H4,76,77,78)(H,83,84,85)/t46-,48+,56+,57-,60+,63-,67+,68-,69+,70-,71+,72-,74-,75+/m1/s1. The number of fused-ring (bicyclic) bond motifs is 10. The average molecular weight is 1200 g/mol. The molecular weight excluding hydrogens is 1120 g/mol. The number of nitrogens with two attached hydrogens (primary N) is 2. The Hall–Kier alpha value is -7.28. The molecule has 1 saturated carbocycles. The summed E-state index contributed by atoms with van der Waals surface area (Å²) in [6.45, 7) is 2.09. The monoisotopic (exact) mass is 1200 g/mol. The van der Waals surface area contributed by atoms with Gasteiger partial charge in [-0.1, -0.05) is 158 Å². The number of nitrogens with zero attached hydrogens (tertiary/aromatic N) is 1. The molecule has 0 aromatic heterocycles. The summed E-state index contributed by atoms with van der Waals surface area (Å²) in [6.07, 6.45) is 8.02. The van der Waals surface area contributed by atoms with Crippen molar-refractivity contribution in [1.82, 2.24) is 0 Å². The van der Waals surface area contributed by atoms with E-state index in [9.17, 15) is 33.4 Å². The van der Waals surface area contributed by atoms with Gasteiger partial charge >= 0.3 is 0 Å². The van der Waals surface area contributed by atoms with Crippen molar-refractivity contribution in [2.75, 3.05) is 6.61 Å². The van der Waals surface area contributed by atoms with Crippen LogP contribution in [0, 0.1) is 41.4 Å². The fraction of sp³-hybridized carbons (Fsp3) is 0.400. The molecule has 7 aromatic carbocycles. The largest absolute Gasteiger partial charge is 0.508 e. The molecule has 9 N–H and O–H groups in total. The van der Waals surface area contributed by atoms with E-state index in [1.165, 1.54) is 0 Å². The summed E-state index contributed by atoms with van der Waals surface area (Å²) in [5.41, 5.74) is 20.4. The van der Waals surface area contributed by atoms with E-state index < -0.39 is 56.7 Å². The molecular formula is C75H81N3O9S. The molecule has 14 atom stereocenters. The molecule has 5 aliphatic heterocycles. The van der Waals surface area contributed by atoms with Crippen molar-refractivity contribution in [3.63, 3.8) is 0 Å². The number of ether oxygens (including phenoxy) is 2. The second kappa shape index (κ2) is 24.6. The van der Waals surface area contributed by atoms with Crippen LogP contribution in [-0.2, 0) is 39.8 Å². The van der Waals surface area contributed by atoms with Crippen LogP contribution in [0.25, 0.3) is 10.8 Å². The Morgan fingerprint density at radius 2 is 1.59 bits per heavy atom. The number of phenolic OH excluding ortho intramolecular Hbond substituents is 1. The topological polar surface area (TPSA) is 218 Å². The van der Waals surface area contributed by atoms with Crippen LogP contribution in [0.4, 0.5) is 0 Å². The summed E-state index contributed by atoms with van der Waals surface area (Å²) in [6, 6.07) is 52.3. The van der Waals surface area contributed by atoms with E-state index in [0.29, 0.717) is 68.2 Å². The van der Waals surface area contributed by atoms with Gasteiger partial charge in [-0.2, -0.15) is 8.42 Å². The van der Waals surface area contributed by atoms with Gasteiger partial charge in [0.15, 0.2) is 5.96 Å². The third kappa shape index (κ3) is 12.2. The minimum absolute atomic E-state index is 0.0107.